The van der Waals surface area contributed by atoms with Crippen LogP contribution in [0.3, 0.4) is 0 Å². The van der Waals surface area contributed by atoms with Crippen molar-refractivity contribution in [3.63, 3.8) is 0 Å². The Kier molecular flexibility index (Phi) is 3.63. The molecule has 0 fully saturated rings. The van der Waals surface area contributed by atoms with Crippen molar-refractivity contribution in [2.24, 2.45) is 0 Å². The summed E-state index contributed by atoms with van der Waals surface area (Å²) in [6, 6.07) is 4.03. The average molecular weight is 307 g/mol. The zero-order valence-electron chi connectivity index (χ0n) is 11.3. The number of nitrogens with zero attached hydrogens (tertiary/aromatic N) is 3. The minimum Gasteiger partial charge on any atom is -0.375 e. The zero-order valence-corrected chi connectivity index (χ0v) is 12.9. The smallest absolute Gasteiger partial charge is 0.106 e. The Morgan fingerprint density at radius 3 is 3.05 bits per heavy atom. The Balaban J connectivity index is 1.92. The second-order valence-corrected chi connectivity index (χ2v) is 5.91. The first kappa shape index (κ1) is 13.4. The van der Waals surface area contributed by atoms with Crippen molar-refractivity contribution < 1.29 is 0 Å². The molecule has 0 aliphatic rings. The maximum Gasteiger partial charge on any atom is 0.106 e. The summed E-state index contributed by atoms with van der Waals surface area (Å²) in [5.41, 5.74) is 4.79. The quantitative estimate of drug-likeness (QED) is 0.779. The molecule has 6 heteroatoms. The van der Waals surface area contributed by atoms with Gasteiger partial charge in [0.1, 0.15) is 5.52 Å². The second kappa shape index (κ2) is 5.42. The fraction of sp³-hybridized carbons (Fsp3) is 0.286. The summed E-state index contributed by atoms with van der Waals surface area (Å²) in [6.07, 6.45) is 3.93. The zero-order chi connectivity index (χ0) is 14.1. The predicted molar refractivity (Wildman–Crippen MR) is 84.6 cm³/mol. The van der Waals surface area contributed by atoms with Crippen LogP contribution in [-0.2, 0) is 6.54 Å². The van der Waals surface area contributed by atoms with Crippen LogP contribution in [0.15, 0.2) is 30.0 Å². The molecule has 2 heterocycles. The van der Waals surface area contributed by atoms with Crippen LogP contribution in [0.2, 0.25) is 5.02 Å². The third-order valence-corrected chi connectivity index (χ3v) is 4.40. The van der Waals surface area contributed by atoms with Gasteiger partial charge < -0.3 is 5.32 Å². The Morgan fingerprint density at radius 2 is 2.30 bits per heavy atom. The van der Waals surface area contributed by atoms with E-state index >= 15 is 0 Å². The number of hydrogen-bond donors (Lipinski definition) is 1. The van der Waals surface area contributed by atoms with Gasteiger partial charge in [0.2, 0.25) is 0 Å². The number of aromatic nitrogens is 3. The van der Waals surface area contributed by atoms with Gasteiger partial charge >= 0.3 is 0 Å². The van der Waals surface area contributed by atoms with Crippen LogP contribution in [0.25, 0.3) is 10.2 Å². The largest absolute Gasteiger partial charge is 0.375 e. The third-order valence-electron chi connectivity index (χ3n) is 3.29. The van der Waals surface area contributed by atoms with Crippen molar-refractivity contribution >= 4 is 38.8 Å². The van der Waals surface area contributed by atoms with Crippen molar-refractivity contribution in [3.05, 3.63) is 40.6 Å². The lowest BCUT2D eigenvalue weighted by atomic mass is 10.1. The maximum atomic E-state index is 6.31. The highest BCUT2D eigenvalue weighted by Crippen LogP contribution is 2.34. The van der Waals surface area contributed by atoms with Crippen LogP contribution in [0.1, 0.15) is 25.5 Å². The van der Waals surface area contributed by atoms with Gasteiger partial charge in [-0.05, 0) is 26.0 Å². The standard InChI is InChI=1S/C14H15ClN4S/c1-3-19-7-10(6-17-19)9(2)18-13-11(15)4-5-12-14(13)16-8-20-12/h4-9,18H,3H2,1-2H3. The summed E-state index contributed by atoms with van der Waals surface area (Å²) in [5.74, 6) is 0. The number of anilines is 1. The molecule has 0 saturated carbocycles. The number of aryl methyl sites for hydroxylation is 1. The molecular weight excluding hydrogens is 292 g/mol. The lowest BCUT2D eigenvalue weighted by Crippen LogP contribution is -2.07. The molecule has 0 aliphatic carbocycles. The Labute approximate surface area is 126 Å². The summed E-state index contributed by atoms with van der Waals surface area (Å²) in [4.78, 5) is 4.40. The molecule has 20 heavy (non-hydrogen) atoms. The molecule has 0 radical (unpaired) electrons. The number of halogens is 1. The van der Waals surface area contributed by atoms with E-state index in [0.29, 0.717) is 5.02 Å². The van der Waals surface area contributed by atoms with Gasteiger partial charge in [0.05, 0.1) is 33.2 Å². The van der Waals surface area contributed by atoms with Crippen molar-refractivity contribution in [2.75, 3.05) is 5.32 Å². The van der Waals surface area contributed by atoms with Crippen LogP contribution in [0, 0.1) is 0 Å². The second-order valence-electron chi connectivity index (χ2n) is 4.62. The molecule has 1 unspecified atom stereocenters. The van der Waals surface area contributed by atoms with E-state index in [9.17, 15) is 0 Å². The van der Waals surface area contributed by atoms with Crippen LogP contribution >= 0.6 is 22.9 Å². The molecule has 2 aromatic heterocycles. The summed E-state index contributed by atoms with van der Waals surface area (Å²) in [6.45, 7) is 5.04. The predicted octanol–water partition coefficient (Wildman–Crippen LogP) is 4.34. The van der Waals surface area contributed by atoms with Crippen LogP contribution < -0.4 is 5.32 Å². The average Bonchev–Trinajstić information content (AvgIpc) is 3.09. The van der Waals surface area contributed by atoms with Crippen molar-refractivity contribution in [3.8, 4) is 0 Å². The number of benzene rings is 1. The van der Waals surface area contributed by atoms with Crippen LogP contribution in [0.5, 0.6) is 0 Å². The molecule has 4 nitrogen and oxygen atoms in total. The van der Waals surface area contributed by atoms with Gasteiger partial charge in [-0.2, -0.15) is 5.10 Å². The first-order chi connectivity index (χ1) is 9.69. The van der Waals surface area contributed by atoms with Gasteiger partial charge in [0, 0.05) is 18.3 Å². The topological polar surface area (TPSA) is 42.7 Å². The van der Waals surface area contributed by atoms with E-state index in [4.69, 9.17) is 11.6 Å². The highest BCUT2D eigenvalue weighted by Gasteiger charge is 2.13. The lowest BCUT2D eigenvalue weighted by Gasteiger charge is -2.15. The molecular formula is C14H15ClN4S. The van der Waals surface area contributed by atoms with Crippen molar-refractivity contribution in [1.29, 1.82) is 0 Å². The number of hydrogen-bond acceptors (Lipinski definition) is 4. The highest BCUT2D eigenvalue weighted by molar-refractivity contribution is 7.16. The summed E-state index contributed by atoms with van der Waals surface area (Å²) < 4.78 is 3.05. The molecule has 3 rings (SSSR count). The van der Waals surface area contributed by atoms with Crippen LogP contribution in [-0.4, -0.2) is 14.8 Å². The van der Waals surface area contributed by atoms with Gasteiger partial charge in [0.15, 0.2) is 0 Å². The summed E-state index contributed by atoms with van der Waals surface area (Å²) in [5, 5.41) is 8.45. The van der Waals surface area contributed by atoms with Gasteiger partial charge in [-0.3, -0.25) is 4.68 Å². The van der Waals surface area contributed by atoms with Crippen molar-refractivity contribution in [1.82, 2.24) is 14.8 Å². The minimum absolute atomic E-state index is 0.125. The molecule has 0 bridgehead atoms. The summed E-state index contributed by atoms with van der Waals surface area (Å²) in [7, 11) is 0. The molecule has 3 aromatic rings. The van der Waals surface area contributed by atoms with E-state index in [1.54, 1.807) is 11.3 Å². The minimum atomic E-state index is 0.125. The fourth-order valence-corrected chi connectivity index (χ4v) is 3.01. The molecule has 1 N–H and O–H groups in total. The molecule has 0 spiro atoms. The molecule has 1 aromatic carbocycles. The van der Waals surface area contributed by atoms with Gasteiger partial charge in [0.25, 0.3) is 0 Å². The third kappa shape index (κ3) is 2.39. The summed E-state index contributed by atoms with van der Waals surface area (Å²) >= 11 is 7.92. The molecule has 0 saturated heterocycles. The van der Waals surface area contributed by atoms with E-state index in [1.165, 1.54) is 0 Å². The van der Waals surface area contributed by atoms with Crippen molar-refractivity contribution in [2.45, 2.75) is 26.4 Å². The van der Waals surface area contributed by atoms with E-state index in [0.717, 1.165) is 28.0 Å². The number of nitrogens with one attached hydrogen (secondary N) is 1. The highest BCUT2D eigenvalue weighted by atomic mass is 35.5. The Hall–Kier alpha value is -1.59. The SMILES string of the molecule is CCn1cc(C(C)Nc2c(Cl)ccc3scnc23)cn1. The monoisotopic (exact) mass is 306 g/mol. The first-order valence-corrected chi connectivity index (χ1v) is 7.75. The number of fused-ring (bicyclic) bond motifs is 1. The lowest BCUT2D eigenvalue weighted by molar-refractivity contribution is 0.658. The van der Waals surface area contributed by atoms with E-state index in [2.05, 4.69) is 29.2 Å². The van der Waals surface area contributed by atoms with Crippen LogP contribution in [0.4, 0.5) is 5.69 Å². The maximum absolute atomic E-state index is 6.31. The Morgan fingerprint density at radius 1 is 1.45 bits per heavy atom. The molecule has 0 aliphatic heterocycles. The van der Waals surface area contributed by atoms with E-state index in [1.807, 2.05) is 34.7 Å². The van der Waals surface area contributed by atoms with E-state index in [-0.39, 0.29) is 6.04 Å². The van der Waals surface area contributed by atoms with Gasteiger partial charge in [-0.15, -0.1) is 11.3 Å². The Bertz CT molecular complexity index is 734. The number of thiazole rings is 1. The molecule has 104 valence electrons. The van der Waals surface area contributed by atoms with Gasteiger partial charge in [-0.1, -0.05) is 11.6 Å². The van der Waals surface area contributed by atoms with Gasteiger partial charge in [-0.25, -0.2) is 4.98 Å². The molecule has 0 amide bonds. The van der Waals surface area contributed by atoms with E-state index < -0.39 is 0 Å². The first-order valence-electron chi connectivity index (χ1n) is 6.49. The normalized spacial score (nSPS) is 12.8. The molecule has 1 atom stereocenters. The fourth-order valence-electron chi connectivity index (χ4n) is 2.12. The number of rotatable bonds is 4.